The maximum atomic E-state index is 12.0. The topological polar surface area (TPSA) is 44.8 Å². The molecule has 0 radical (unpaired) electrons. The minimum Gasteiger partial charge on any atom is -0.463 e. The lowest BCUT2D eigenvalue weighted by Crippen LogP contribution is -2.42. The predicted octanol–water partition coefficient (Wildman–Crippen LogP) is 4.11. The molecule has 0 N–H and O–H groups in total. The summed E-state index contributed by atoms with van der Waals surface area (Å²) in [5, 5.41) is 0. The van der Waals surface area contributed by atoms with Crippen molar-refractivity contribution in [1.82, 2.24) is 0 Å². The molecule has 1 aliphatic heterocycles. The summed E-state index contributed by atoms with van der Waals surface area (Å²) in [5.74, 6) is -0.00945. The van der Waals surface area contributed by atoms with Gasteiger partial charge in [0.15, 0.2) is 0 Å². The molecule has 0 saturated heterocycles. The number of para-hydroxylation sites is 1. The molecule has 1 unspecified atom stereocenters. The number of fused-ring (bicyclic) bond motifs is 1. The van der Waals surface area contributed by atoms with E-state index >= 15 is 0 Å². The first-order valence-corrected chi connectivity index (χ1v) is 8.41. The van der Waals surface area contributed by atoms with E-state index in [1.807, 2.05) is 45.0 Å². The van der Waals surface area contributed by atoms with Crippen molar-refractivity contribution in [1.29, 1.82) is 0 Å². The summed E-state index contributed by atoms with van der Waals surface area (Å²) in [5.41, 5.74) is 0.583. The average molecular weight is 320 g/mol. The zero-order valence-electron chi connectivity index (χ0n) is 14.8. The van der Waals surface area contributed by atoms with Crippen molar-refractivity contribution in [3.63, 3.8) is 0 Å². The predicted molar refractivity (Wildman–Crippen MR) is 89.4 cm³/mol. The Labute approximate surface area is 139 Å². The molecule has 0 spiro atoms. The number of carbonyl (C=O) groups is 1. The number of ether oxygens (including phenoxy) is 3. The van der Waals surface area contributed by atoms with E-state index in [0.29, 0.717) is 6.42 Å². The van der Waals surface area contributed by atoms with E-state index in [9.17, 15) is 4.79 Å². The average Bonchev–Trinajstić information content (AvgIpc) is 2.68. The molecule has 0 amide bonds. The Kier molecular flexibility index (Phi) is 5.35. The molecule has 1 heterocycles. The van der Waals surface area contributed by atoms with Gasteiger partial charge >= 0.3 is 5.97 Å². The highest BCUT2D eigenvalue weighted by molar-refractivity contribution is 5.75. The molecule has 128 valence electrons. The van der Waals surface area contributed by atoms with Crippen LogP contribution in [0.1, 0.15) is 53.0 Å². The Morgan fingerprint density at radius 3 is 2.52 bits per heavy atom. The van der Waals surface area contributed by atoms with E-state index in [0.717, 1.165) is 24.2 Å². The van der Waals surface area contributed by atoms with E-state index < -0.39 is 11.2 Å². The number of esters is 1. The summed E-state index contributed by atoms with van der Waals surface area (Å²) in [6.45, 7) is 9.90. The zero-order valence-corrected chi connectivity index (χ0v) is 14.8. The first kappa shape index (κ1) is 17.8. The lowest BCUT2D eigenvalue weighted by Gasteiger charge is -2.33. The van der Waals surface area contributed by atoms with Gasteiger partial charge in [-0.25, -0.2) is 0 Å². The largest absolute Gasteiger partial charge is 0.463 e. The van der Waals surface area contributed by atoms with Crippen LogP contribution in [0, 0.1) is 5.41 Å². The van der Waals surface area contributed by atoms with Gasteiger partial charge in [0, 0.05) is 19.3 Å². The van der Waals surface area contributed by atoms with Crippen LogP contribution in [-0.4, -0.2) is 24.5 Å². The molecule has 0 aromatic heterocycles. The number of carbonyl (C=O) groups excluding carboxylic acids is 1. The third kappa shape index (κ3) is 4.25. The van der Waals surface area contributed by atoms with Crippen LogP contribution >= 0.6 is 0 Å². The lowest BCUT2D eigenvalue weighted by molar-refractivity contribution is -0.219. The van der Waals surface area contributed by atoms with E-state index in [4.69, 9.17) is 14.2 Å². The van der Waals surface area contributed by atoms with Crippen molar-refractivity contribution in [2.24, 2.45) is 5.41 Å². The molecule has 0 aliphatic carbocycles. The van der Waals surface area contributed by atoms with E-state index in [1.54, 1.807) is 0 Å². The second-order valence-electron chi connectivity index (χ2n) is 7.12. The monoisotopic (exact) mass is 320 g/mol. The molecule has 4 nitrogen and oxygen atoms in total. The highest BCUT2D eigenvalue weighted by Gasteiger charge is 2.37. The molecule has 2 rings (SSSR count). The van der Waals surface area contributed by atoms with Crippen molar-refractivity contribution >= 4 is 5.97 Å². The van der Waals surface area contributed by atoms with Crippen molar-refractivity contribution in [3.05, 3.63) is 29.8 Å². The standard InChI is InChI=1S/C19H28O4/c1-6-19(7-2)22-15(13-21-17(20)18(3,4)5)12-14-10-8-9-11-16(14)23-19/h8-11,15H,6-7,12-13H2,1-5H3. The van der Waals surface area contributed by atoms with Gasteiger partial charge in [0.25, 0.3) is 0 Å². The number of hydrogen-bond donors (Lipinski definition) is 0. The quantitative estimate of drug-likeness (QED) is 0.783. The molecule has 0 saturated carbocycles. The van der Waals surface area contributed by atoms with Gasteiger partial charge in [-0.15, -0.1) is 0 Å². The molecule has 4 heteroatoms. The summed E-state index contributed by atoms with van der Waals surface area (Å²) in [4.78, 5) is 12.0. The van der Waals surface area contributed by atoms with Gasteiger partial charge in [-0.1, -0.05) is 32.0 Å². The second kappa shape index (κ2) is 6.91. The van der Waals surface area contributed by atoms with Gasteiger partial charge < -0.3 is 14.2 Å². The van der Waals surface area contributed by atoms with Crippen LogP contribution in [0.15, 0.2) is 24.3 Å². The molecule has 1 aromatic rings. The van der Waals surface area contributed by atoms with Crippen LogP contribution in [0.5, 0.6) is 5.75 Å². The third-order valence-electron chi connectivity index (χ3n) is 4.19. The third-order valence-corrected chi connectivity index (χ3v) is 4.19. The number of rotatable bonds is 4. The Morgan fingerprint density at radius 2 is 1.91 bits per heavy atom. The van der Waals surface area contributed by atoms with E-state index in [1.165, 1.54) is 0 Å². The second-order valence-corrected chi connectivity index (χ2v) is 7.12. The van der Waals surface area contributed by atoms with Crippen LogP contribution in [0.3, 0.4) is 0 Å². The Morgan fingerprint density at radius 1 is 1.26 bits per heavy atom. The molecule has 1 aromatic carbocycles. The minimum atomic E-state index is -0.661. The summed E-state index contributed by atoms with van der Waals surface area (Å²) < 4.78 is 17.9. The summed E-state index contributed by atoms with van der Waals surface area (Å²) in [7, 11) is 0. The normalized spacial score (nSPS) is 20.1. The van der Waals surface area contributed by atoms with Gasteiger partial charge in [0.2, 0.25) is 5.79 Å². The Balaban J connectivity index is 2.18. The molecular formula is C19H28O4. The summed E-state index contributed by atoms with van der Waals surface area (Å²) in [6, 6.07) is 7.97. The highest BCUT2D eigenvalue weighted by atomic mass is 16.7. The van der Waals surface area contributed by atoms with Crippen LogP contribution in [-0.2, 0) is 20.7 Å². The maximum Gasteiger partial charge on any atom is 0.311 e. The molecule has 1 aliphatic rings. The van der Waals surface area contributed by atoms with Crippen molar-refractivity contribution in [2.45, 2.75) is 65.8 Å². The molecule has 23 heavy (non-hydrogen) atoms. The van der Waals surface area contributed by atoms with Gasteiger partial charge in [-0.05, 0) is 32.4 Å². The first-order valence-electron chi connectivity index (χ1n) is 8.41. The minimum absolute atomic E-state index is 0.204. The molecular weight excluding hydrogens is 292 g/mol. The fraction of sp³-hybridized carbons (Fsp3) is 0.632. The van der Waals surface area contributed by atoms with Crippen molar-refractivity contribution in [3.8, 4) is 5.75 Å². The van der Waals surface area contributed by atoms with E-state index in [2.05, 4.69) is 13.8 Å². The van der Waals surface area contributed by atoms with Crippen LogP contribution < -0.4 is 4.74 Å². The van der Waals surface area contributed by atoms with Gasteiger partial charge in [-0.3, -0.25) is 4.79 Å². The SMILES string of the molecule is CCC1(CC)Oc2ccccc2CC(COC(=O)C(C)(C)C)O1. The maximum absolute atomic E-state index is 12.0. The smallest absolute Gasteiger partial charge is 0.311 e. The van der Waals surface area contributed by atoms with Crippen LogP contribution in [0.25, 0.3) is 0 Å². The fourth-order valence-electron chi connectivity index (χ4n) is 2.63. The number of benzene rings is 1. The van der Waals surface area contributed by atoms with Gasteiger partial charge in [0.1, 0.15) is 18.5 Å². The zero-order chi connectivity index (χ0) is 17.1. The fourth-order valence-corrected chi connectivity index (χ4v) is 2.63. The summed E-state index contributed by atoms with van der Waals surface area (Å²) >= 11 is 0. The number of hydrogen-bond acceptors (Lipinski definition) is 4. The lowest BCUT2D eigenvalue weighted by atomic mass is 9.97. The molecule has 1 atom stereocenters. The van der Waals surface area contributed by atoms with Crippen LogP contribution in [0.2, 0.25) is 0 Å². The Hall–Kier alpha value is -1.55. The van der Waals surface area contributed by atoms with Crippen molar-refractivity contribution in [2.75, 3.05) is 6.61 Å². The molecule has 0 fully saturated rings. The van der Waals surface area contributed by atoms with Gasteiger partial charge in [-0.2, -0.15) is 0 Å². The molecule has 0 bridgehead atoms. The highest BCUT2D eigenvalue weighted by Crippen LogP contribution is 2.34. The van der Waals surface area contributed by atoms with Crippen molar-refractivity contribution < 1.29 is 19.0 Å². The van der Waals surface area contributed by atoms with Crippen LogP contribution in [0.4, 0.5) is 0 Å². The van der Waals surface area contributed by atoms with E-state index in [-0.39, 0.29) is 18.7 Å². The first-order chi connectivity index (χ1) is 10.8. The summed E-state index contributed by atoms with van der Waals surface area (Å²) in [6.07, 6.45) is 1.95. The Bertz CT molecular complexity index is 541. The van der Waals surface area contributed by atoms with Gasteiger partial charge in [0.05, 0.1) is 5.41 Å².